The summed E-state index contributed by atoms with van der Waals surface area (Å²) in [6.45, 7) is 3.76. The second-order valence-electron chi connectivity index (χ2n) is 5.14. The fourth-order valence-electron chi connectivity index (χ4n) is 2.56. The molecule has 5 nitrogen and oxygen atoms in total. The van der Waals surface area contributed by atoms with Gasteiger partial charge in [0.15, 0.2) is 0 Å². The standard InChI is InChI=1S/C15H18N2O3/c1-9-5-12(16(3)8-9)15(20)14-10(2)6-11(17(14)4)7-13(18)19/h5-6,8H,7H2,1-4H3,(H,18,19). The van der Waals surface area contributed by atoms with E-state index in [-0.39, 0.29) is 12.2 Å². The number of ketones is 1. The van der Waals surface area contributed by atoms with Crippen molar-refractivity contribution in [3.8, 4) is 0 Å². The Morgan fingerprint density at radius 3 is 2.35 bits per heavy atom. The van der Waals surface area contributed by atoms with Gasteiger partial charge in [-0.05, 0) is 37.1 Å². The Morgan fingerprint density at radius 1 is 1.20 bits per heavy atom. The van der Waals surface area contributed by atoms with Crippen molar-refractivity contribution in [2.24, 2.45) is 14.1 Å². The lowest BCUT2D eigenvalue weighted by atomic mass is 10.1. The molecule has 0 radical (unpaired) electrons. The van der Waals surface area contributed by atoms with Crippen LogP contribution in [0.3, 0.4) is 0 Å². The summed E-state index contributed by atoms with van der Waals surface area (Å²) in [5.41, 5.74) is 3.60. The molecule has 0 aliphatic carbocycles. The summed E-state index contributed by atoms with van der Waals surface area (Å²) in [4.78, 5) is 23.5. The second kappa shape index (κ2) is 5.00. The van der Waals surface area contributed by atoms with E-state index in [1.54, 1.807) is 22.2 Å². The summed E-state index contributed by atoms with van der Waals surface area (Å²) in [6, 6.07) is 3.60. The number of rotatable bonds is 4. The molecule has 0 amide bonds. The van der Waals surface area contributed by atoms with Crippen LogP contribution >= 0.6 is 0 Å². The van der Waals surface area contributed by atoms with Crippen molar-refractivity contribution in [1.29, 1.82) is 0 Å². The molecule has 2 aromatic rings. The van der Waals surface area contributed by atoms with Crippen molar-refractivity contribution in [3.63, 3.8) is 0 Å². The summed E-state index contributed by atoms with van der Waals surface area (Å²) < 4.78 is 3.47. The van der Waals surface area contributed by atoms with Gasteiger partial charge >= 0.3 is 5.97 Å². The number of aryl methyl sites for hydroxylation is 3. The van der Waals surface area contributed by atoms with Gasteiger partial charge in [-0.3, -0.25) is 9.59 Å². The maximum atomic E-state index is 12.6. The molecule has 5 heteroatoms. The zero-order valence-corrected chi connectivity index (χ0v) is 12.1. The molecule has 0 aliphatic heterocycles. The average Bonchev–Trinajstić information content (AvgIpc) is 2.79. The Hall–Kier alpha value is -2.30. The number of aromatic nitrogens is 2. The summed E-state index contributed by atoms with van der Waals surface area (Å²) in [7, 11) is 3.56. The molecular weight excluding hydrogens is 256 g/mol. The number of hydrogen-bond donors (Lipinski definition) is 1. The Bertz CT molecular complexity index is 692. The molecule has 2 rings (SSSR count). The van der Waals surface area contributed by atoms with Gasteiger partial charge in [0.2, 0.25) is 5.78 Å². The minimum atomic E-state index is -0.903. The van der Waals surface area contributed by atoms with Crippen molar-refractivity contribution >= 4 is 11.8 Å². The quantitative estimate of drug-likeness (QED) is 0.865. The number of aliphatic carboxylic acids is 1. The summed E-state index contributed by atoms with van der Waals surface area (Å²) in [5, 5.41) is 8.89. The minimum absolute atomic E-state index is 0.0859. The molecule has 0 aliphatic rings. The van der Waals surface area contributed by atoms with Crippen molar-refractivity contribution in [2.45, 2.75) is 20.3 Å². The normalized spacial score (nSPS) is 10.8. The van der Waals surface area contributed by atoms with Crippen molar-refractivity contribution in [1.82, 2.24) is 9.13 Å². The molecule has 106 valence electrons. The molecule has 0 saturated carbocycles. The molecule has 2 aromatic heterocycles. The molecule has 0 unspecified atom stereocenters. The second-order valence-corrected chi connectivity index (χ2v) is 5.14. The van der Waals surface area contributed by atoms with Crippen LogP contribution in [0.1, 0.15) is 33.0 Å². The first-order chi connectivity index (χ1) is 9.31. The van der Waals surface area contributed by atoms with Gasteiger partial charge < -0.3 is 14.2 Å². The molecule has 0 spiro atoms. The van der Waals surface area contributed by atoms with Gasteiger partial charge in [0.25, 0.3) is 0 Å². The number of hydrogen-bond acceptors (Lipinski definition) is 2. The third kappa shape index (κ3) is 2.39. The average molecular weight is 274 g/mol. The van der Waals surface area contributed by atoms with Gasteiger partial charge in [-0.25, -0.2) is 0 Å². The van der Waals surface area contributed by atoms with Crippen LogP contribution in [0.4, 0.5) is 0 Å². The molecule has 1 N–H and O–H groups in total. The Labute approximate surface area is 117 Å². The highest BCUT2D eigenvalue weighted by Crippen LogP contribution is 2.19. The highest BCUT2D eigenvalue weighted by molar-refractivity contribution is 6.08. The molecule has 2 heterocycles. The van der Waals surface area contributed by atoms with E-state index in [1.165, 1.54) is 0 Å². The lowest BCUT2D eigenvalue weighted by Crippen LogP contribution is -2.14. The Morgan fingerprint density at radius 2 is 1.85 bits per heavy atom. The van der Waals surface area contributed by atoms with E-state index in [0.717, 1.165) is 11.1 Å². The van der Waals surface area contributed by atoms with Gasteiger partial charge in [-0.2, -0.15) is 0 Å². The molecule has 0 atom stereocenters. The highest BCUT2D eigenvalue weighted by atomic mass is 16.4. The molecule has 0 saturated heterocycles. The SMILES string of the molecule is Cc1cc(C(=O)c2c(C)cc(CC(=O)O)n2C)n(C)c1. The maximum Gasteiger partial charge on any atom is 0.309 e. The van der Waals surface area contributed by atoms with Crippen molar-refractivity contribution < 1.29 is 14.7 Å². The topological polar surface area (TPSA) is 64.2 Å². The van der Waals surface area contributed by atoms with E-state index in [2.05, 4.69) is 0 Å². The Balaban J connectivity index is 2.47. The van der Waals surface area contributed by atoms with E-state index in [9.17, 15) is 9.59 Å². The summed E-state index contributed by atoms with van der Waals surface area (Å²) in [6.07, 6.45) is 1.81. The molecule has 0 bridgehead atoms. The number of carbonyl (C=O) groups is 2. The van der Waals surface area contributed by atoms with Gasteiger partial charge in [0.1, 0.15) is 0 Å². The van der Waals surface area contributed by atoms with Crippen molar-refractivity contribution in [2.75, 3.05) is 0 Å². The van der Waals surface area contributed by atoms with Crippen LogP contribution in [0.5, 0.6) is 0 Å². The largest absolute Gasteiger partial charge is 0.481 e. The molecule has 20 heavy (non-hydrogen) atoms. The monoisotopic (exact) mass is 274 g/mol. The van der Waals surface area contributed by atoms with E-state index < -0.39 is 5.97 Å². The molecular formula is C15H18N2O3. The lowest BCUT2D eigenvalue weighted by Gasteiger charge is -2.07. The van der Waals surface area contributed by atoms with Crippen LogP contribution in [-0.4, -0.2) is 26.0 Å². The number of carbonyl (C=O) groups excluding carboxylic acids is 1. The van der Waals surface area contributed by atoms with E-state index in [1.807, 2.05) is 33.2 Å². The number of carboxylic acid groups (broad SMARTS) is 1. The maximum absolute atomic E-state index is 12.6. The van der Waals surface area contributed by atoms with E-state index in [0.29, 0.717) is 17.1 Å². The van der Waals surface area contributed by atoms with Gasteiger partial charge in [-0.1, -0.05) is 0 Å². The first-order valence-corrected chi connectivity index (χ1v) is 6.36. The minimum Gasteiger partial charge on any atom is -0.481 e. The van der Waals surface area contributed by atoms with Crippen molar-refractivity contribution in [3.05, 3.63) is 46.5 Å². The van der Waals surface area contributed by atoms with E-state index >= 15 is 0 Å². The van der Waals surface area contributed by atoms with Crippen LogP contribution in [0.2, 0.25) is 0 Å². The lowest BCUT2D eigenvalue weighted by molar-refractivity contribution is -0.136. The predicted octanol–water partition coefficient (Wildman–Crippen LogP) is 1.84. The van der Waals surface area contributed by atoms with Gasteiger partial charge in [-0.15, -0.1) is 0 Å². The highest BCUT2D eigenvalue weighted by Gasteiger charge is 2.21. The third-order valence-electron chi connectivity index (χ3n) is 3.44. The number of nitrogens with zero attached hydrogens (tertiary/aromatic N) is 2. The van der Waals surface area contributed by atoms with Gasteiger partial charge in [0, 0.05) is 26.0 Å². The smallest absolute Gasteiger partial charge is 0.309 e. The zero-order valence-electron chi connectivity index (χ0n) is 12.1. The summed E-state index contributed by atoms with van der Waals surface area (Å²) in [5.74, 6) is -0.989. The van der Waals surface area contributed by atoms with Crippen LogP contribution in [-0.2, 0) is 25.3 Å². The number of carboxylic acids is 1. The predicted molar refractivity (Wildman–Crippen MR) is 75.1 cm³/mol. The molecule has 0 aromatic carbocycles. The molecule has 0 fully saturated rings. The third-order valence-corrected chi connectivity index (χ3v) is 3.44. The zero-order chi connectivity index (χ0) is 15.0. The fourth-order valence-corrected chi connectivity index (χ4v) is 2.56. The van der Waals surface area contributed by atoms with Gasteiger partial charge in [0.05, 0.1) is 17.8 Å². The first kappa shape index (κ1) is 14.1. The summed E-state index contributed by atoms with van der Waals surface area (Å²) >= 11 is 0. The van der Waals surface area contributed by atoms with Crippen LogP contribution in [0.25, 0.3) is 0 Å². The van der Waals surface area contributed by atoms with Crippen LogP contribution in [0.15, 0.2) is 18.3 Å². The Kier molecular flexibility index (Phi) is 3.53. The fraction of sp³-hybridized carbons (Fsp3) is 0.333. The van der Waals surface area contributed by atoms with Crippen LogP contribution in [0, 0.1) is 13.8 Å². The van der Waals surface area contributed by atoms with Crippen LogP contribution < -0.4 is 0 Å². The first-order valence-electron chi connectivity index (χ1n) is 6.36. The van der Waals surface area contributed by atoms with E-state index in [4.69, 9.17) is 5.11 Å².